The molecule has 0 radical (unpaired) electrons. The molecule has 0 unspecified atom stereocenters. The predicted molar refractivity (Wildman–Crippen MR) is 29.1 cm³/mol. The summed E-state index contributed by atoms with van der Waals surface area (Å²) < 4.78 is 2.93. The molecule has 34 valence electrons. The van der Waals surface area contributed by atoms with Crippen molar-refractivity contribution in [3.8, 4) is 0 Å². The Hall–Kier alpha value is 0.530. The molecule has 6 heavy (non-hydrogen) atoms. The van der Waals surface area contributed by atoms with Crippen molar-refractivity contribution < 1.29 is 0 Å². The Labute approximate surface area is 48.7 Å². The first-order valence-electron chi connectivity index (χ1n) is 2.13. The number of rotatable bonds is 0. The summed E-state index contributed by atoms with van der Waals surface area (Å²) in [5, 5.41) is 0. The van der Waals surface area contributed by atoms with Crippen molar-refractivity contribution in [2.24, 2.45) is 0 Å². The van der Waals surface area contributed by atoms with Gasteiger partial charge in [-0.3, -0.25) is 0 Å². The standard InChI is InChI=1S/C5H8Te/c1-5-2-3-6-4-5/h2H,3-4H2,1H3. The van der Waals surface area contributed by atoms with Crippen molar-refractivity contribution in [3.05, 3.63) is 11.6 Å². The molecule has 1 aliphatic rings. The molecule has 0 bridgehead atoms. The summed E-state index contributed by atoms with van der Waals surface area (Å²) >= 11 is 0.467. The fourth-order valence-corrected chi connectivity index (χ4v) is 3.22. The Morgan fingerprint density at radius 1 is 1.83 bits per heavy atom. The van der Waals surface area contributed by atoms with Crippen molar-refractivity contribution in [3.63, 3.8) is 0 Å². The van der Waals surface area contributed by atoms with Gasteiger partial charge in [0.2, 0.25) is 0 Å². The van der Waals surface area contributed by atoms with Crippen LogP contribution in [0.15, 0.2) is 11.6 Å². The number of hydrogen-bond donors (Lipinski definition) is 0. The Kier molecular flexibility index (Phi) is 1.56. The fourth-order valence-electron chi connectivity index (χ4n) is 0.480. The molecule has 0 aromatic heterocycles. The topological polar surface area (TPSA) is 0 Å². The first-order chi connectivity index (χ1) is 2.89. The van der Waals surface area contributed by atoms with Gasteiger partial charge in [-0.15, -0.1) is 0 Å². The molecule has 1 heterocycles. The van der Waals surface area contributed by atoms with E-state index in [2.05, 4.69) is 13.0 Å². The third kappa shape index (κ3) is 0.995. The molecule has 0 aliphatic carbocycles. The van der Waals surface area contributed by atoms with Gasteiger partial charge in [-0.05, 0) is 0 Å². The van der Waals surface area contributed by atoms with Crippen LogP contribution in [0.25, 0.3) is 0 Å². The van der Waals surface area contributed by atoms with Crippen LogP contribution in [0.5, 0.6) is 0 Å². The van der Waals surface area contributed by atoms with Gasteiger partial charge >= 0.3 is 48.4 Å². The molecular formula is C5H8Te. The summed E-state index contributed by atoms with van der Waals surface area (Å²) in [7, 11) is 0. The SMILES string of the molecule is CC1=CC[Te]C1. The Morgan fingerprint density at radius 2 is 2.67 bits per heavy atom. The third-order valence-electron chi connectivity index (χ3n) is 0.879. The predicted octanol–water partition coefficient (Wildman–Crippen LogP) is 1.49. The van der Waals surface area contributed by atoms with E-state index in [1.54, 1.807) is 5.57 Å². The van der Waals surface area contributed by atoms with Gasteiger partial charge in [-0.2, -0.15) is 0 Å². The van der Waals surface area contributed by atoms with Gasteiger partial charge in [0.05, 0.1) is 0 Å². The normalized spacial score (nSPS) is 21.2. The summed E-state index contributed by atoms with van der Waals surface area (Å²) in [5.41, 5.74) is 1.64. The van der Waals surface area contributed by atoms with Crippen molar-refractivity contribution in [2.45, 2.75) is 15.9 Å². The molecule has 0 amide bonds. The summed E-state index contributed by atoms with van der Waals surface area (Å²) in [4.78, 5) is 0. The number of hydrogen-bond acceptors (Lipinski definition) is 0. The van der Waals surface area contributed by atoms with E-state index in [1.807, 2.05) is 0 Å². The van der Waals surface area contributed by atoms with E-state index in [1.165, 1.54) is 8.94 Å². The molecule has 0 aromatic carbocycles. The molecule has 0 saturated carbocycles. The van der Waals surface area contributed by atoms with Crippen LogP contribution in [-0.2, 0) is 0 Å². The summed E-state index contributed by atoms with van der Waals surface area (Å²) in [6.07, 6.45) is 2.38. The minimum absolute atomic E-state index is 0.467. The Morgan fingerprint density at radius 3 is 2.83 bits per heavy atom. The summed E-state index contributed by atoms with van der Waals surface area (Å²) in [5.74, 6) is 0. The molecule has 0 aromatic rings. The van der Waals surface area contributed by atoms with Gasteiger partial charge in [0, 0.05) is 0 Å². The zero-order chi connectivity index (χ0) is 4.41. The van der Waals surface area contributed by atoms with E-state index in [4.69, 9.17) is 0 Å². The second-order valence-corrected chi connectivity index (χ2v) is 4.51. The van der Waals surface area contributed by atoms with Crippen LogP contribution in [0, 0.1) is 0 Å². The molecule has 0 N–H and O–H groups in total. The van der Waals surface area contributed by atoms with E-state index in [0.29, 0.717) is 20.9 Å². The van der Waals surface area contributed by atoms with Crippen molar-refractivity contribution in [1.82, 2.24) is 0 Å². The third-order valence-corrected chi connectivity index (χ3v) is 3.91. The molecule has 1 heteroatoms. The van der Waals surface area contributed by atoms with Crippen LogP contribution < -0.4 is 0 Å². The summed E-state index contributed by atoms with van der Waals surface area (Å²) in [6.45, 7) is 2.23. The average Bonchev–Trinajstić information content (AvgIpc) is 1.86. The minimum atomic E-state index is 0.467. The maximum absolute atomic E-state index is 2.38. The van der Waals surface area contributed by atoms with E-state index >= 15 is 0 Å². The van der Waals surface area contributed by atoms with Crippen LogP contribution in [0.3, 0.4) is 0 Å². The summed E-state index contributed by atoms with van der Waals surface area (Å²) in [6, 6.07) is 0. The van der Waals surface area contributed by atoms with Crippen molar-refractivity contribution in [1.29, 1.82) is 0 Å². The zero-order valence-electron chi connectivity index (χ0n) is 3.90. The molecule has 1 rings (SSSR count). The van der Waals surface area contributed by atoms with E-state index < -0.39 is 0 Å². The van der Waals surface area contributed by atoms with Crippen LogP contribution in [-0.4, -0.2) is 20.9 Å². The van der Waals surface area contributed by atoms with Gasteiger partial charge in [-0.25, -0.2) is 0 Å². The van der Waals surface area contributed by atoms with Gasteiger partial charge in [0.25, 0.3) is 0 Å². The molecule has 0 spiro atoms. The van der Waals surface area contributed by atoms with E-state index in [9.17, 15) is 0 Å². The molecule has 1 aliphatic heterocycles. The average molecular weight is 196 g/mol. The Bertz CT molecular complexity index is 74.0. The van der Waals surface area contributed by atoms with Crippen molar-refractivity contribution in [2.75, 3.05) is 0 Å². The fraction of sp³-hybridized carbons (Fsp3) is 0.600. The number of allylic oxidation sites excluding steroid dienone is 2. The van der Waals surface area contributed by atoms with Crippen LogP contribution in [0.2, 0.25) is 8.94 Å². The molecule has 0 atom stereocenters. The van der Waals surface area contributed by atoms with Crippen LogP contribution in [0.4, 0.5) is 0 Å². The van der Waals surface area contributed by atoms with Crippen molar-refractivity contribution >= 4 is 20.9 Å². The second kappa shape index (κ2) is 2.00. The van der Waals surface area contributed by atoms with E-state index in [0.717, 1.165) is 0 Å². The van der Waals surface area contributed by atoms with Gasteiger partial charge in [0.1, 0.15) is 0 Å². The quantitative estimate of drug-likeness (QED) is 0.406. The van der Waals surface area contributed by atoms with Gasteiger partial charge in [-0.1, -0.05) is 0 Å². The Balaban J connectivity index is 2.45. The monoisotopic (exact) mass is 198 g/mol. The van der Waals surface area contributed by atoms with Gasteiger partial charge in [0.15, 0.2) is 0 Å². The van der Waals surface area contributed by atoms with Gasteiger partial charge < -0.3 is 0 Å². The first kappa shape index (κ1) is 4.68. The van der Waals surface area contributed by atoms with Crippen LogP contribution in [0.1, 0.15) is 6.92 Å². The first-order valence-corrected chi connectivity index (χ1v) is 5.42. The molecule has 0 fully saturated rings. The molecular weight excluding hydrogens is 188 g/mol. The zero-order valence-corrected chi connectivity index (χ0v) is 6.23. The molecule has 0 nitrogen and oxygen atoms in total. The second-order valence-electron chi connectivity index (χ2n) is 1.57. The van der Waals surface area contributed by atoms with E-state index in [-0.39, 0.29) is 0 Å². The van der Waals surface area contributed by atoms with Crippen LogP contribution >= 0.6 is 0 Å². The maximum atomic E-state index is 2.38. The molecule has 0 saturated heterocycles.